The minimum atomic E-state index is -0.621. The van der Waals surface area contributed by atoms with E-state index in [9.17, 15) is 18.8 Å². The van der Waals surface area contributed by atoms with E-state index in [0.29, 0.717) is 16.3 Å². The molecule has 0 saturated heterocycles. The van der Waals surface area contributed by atoms with Crippen molar-refractivity contribution in [1.82, 2.24) is 9.38 Å². The first kappa shape index (κ1) is 20.4. The zero-order valence-electron chi connectivity index (χ0n) is 16.3. The van der Waals surface area contributed by atoms with Crippen molar-refractivity contribution in [3.8, 4) is 0 Å². The molecule has 0 bridgehead atoms. The first-order chi connectivity index (χ1) is 14.9. The number of fused-ring (bicyclic) bond motifs is 1. The van der Waals surface area contributed by atoms with Crippen molar-refractivity contribution in [2.45, 2.75) is 13.5 Å². The van der Waals surface area contributed by atoms with Gasteiger partial charge in [0.15, 0.2) is 4.96 Å². The maximum Gasteiger partial charge on any atom is 0.338 e. The van der Waals surface area contributed by atoms with Gasteiger partial charge in [0, 0.05) is 22.8 Å². The summed E-state index contributed by atoms with van der Waals surface area (Å²) in [6, 6.07) is 13.0. The average molecular weight is 437 g/mol. The van der Waals surface area contributed by atoms with Crippen LogP contribution in [0.1, 0.15) is 31.3 Å². The summed E-state index contributed by atoms with van der Waals surface area (Å²) in [4.78, 5) is 42.4. The molecular formula is C22H16FN3O4S. The smallest absolute Gasteiger partial charge is 0.338 e. The summed E-state index contributed by atoms with van der Waals surface area (Å²) in [7, 11) is 0. The monoisotopic (exact) mass is 437 g/mol. The van der Waals surface area contributed by atoms with E-state index in [0.717, 1.165) is 4.88 Å². The van der Waals surface area contributed by atoms with Crippen LogP contribution in [0.2, 0.25) is 0 Å². The standard InChI is InChI=1S/C22H16FN3O4S/c1-13-11-26-19(27)10-16(25-22(26)31-13)12-30-21(29)14-6-8-15(9-7-14)24-20(28)17-4-2-3-5-18(17)23/h2-11H,12H2,1H3,(H,24,28). The quantitative estimate of drug-likeness (QED) is 0.480. The topological polar surface area (TPSA) is 89.8 Å². The van der Waals surface area contributed by atoms with Gasteiger partial charge in [-0.25, -0.2) is 14.2 Å². The number of halogens is 1. The lowest BCUT2D eigenvalue weighted by Gasteiger charge is -2.08. The van der Waals surface area contributed by atoms with Crippen molar-refractivity contribution in [1.29, 1.82) is 0 Å². The van der Waals surface area contributed by atoms with Crippen molar-refractivity contribution >= 4 is 33.9 Å². The second-order valence-corrected chi connectivity index (χ2v) is 7.88. The van der Waals surface area contributed by atoms with Gasteiger partial charge in [-0.15, -0.1) is 11.3 Å². The maximum atomic E-state index is 13.7. The van der Waals surface area contributed by atoms with Crippen LogP contribution in [-0.4, -0.2) is 21.3 Å². The highest BCUT2D eigenvalue weighted by Crippen LogP contribution is 2.16. The summed E-state index contributed by atoms with van der Waals surface area (Å²) < 4.78 is 20.4. The molecule has 31 heavy (non-hydrogen) atoms. The number of carbonyl (C=O) groups excluding carboxylic acids is 2. The largest absolute Gasteiger partial charge is 0.456 e. The molecule has 0 saturated carbocycles. The van der Waals surface area contributed by atoms with Crippen LogP contribution in [0.5, 0.6) is 0 Å². The normalized spacial score (nSPS) is 10.8. The van der Waals surface area contributed by atoms with E-state index < -0.39 is 17.7 Å². The number of anilines is 1. The maximum absolute atomic E-state index is 13.7. The van der Waals surface area contributed by atoms with Crippen LogP contribution < -0.4 is 10.9 Å². The Morgan fingerprint density at radius 2 is 1.90 bits per heavy atom. The summed E-state index contributed by atoms with van der Waals surface area (Å²) in [5.74, 6) is -1.81. The fourth-order valence-corrected chi connectivity index (χ4v) is 3.74. The molecule has 0 spiro atoms. The summed E-state index contributed by atoms with van der Waals surface area (Å²) in [6.07, 6.45) is 1.71. The number of nitrogens with zero attached hydrogens (tertiary/aromatic N) is 2. The van der Waals surface area contributed by atoms with Crippen LogP contribution in [0.15, 0.2) is 65.6 Å². The highest BCUT2D eigenvalue weighted by molar-refractivity contribution is 7.16. The lowest BCUT2D eigenvalue weighted by atomic mass is 10.1. The number of nitrogens with one attached hydrogen (secondary N) is 1. The van der Waals surface area contributed by atoms with Gasteiger partial charge < -0.3 is 10.1 Å². The average Bonchev–Trinajstić information content (AvgIpc) is 3.13. The molecule has 1 amide bonds. The van der Waals surface area contributed by atoms with Crippen molar-refractivity contribution in [3.63, 3.8) is 0 Å². The number of benzene rings is 2. The Kier molecular flexibility index (Phi) is 5.59. The van der Waals surface area contributed by atoms with E-state index in [1.165, 1.54) is 64.3 Å². The number of carbonyl (C=O) groups is 2. The summed E-state index contributed by atoms with van der Waals surface area (Å²) in [6.45, 7) is 1.73. The predicted octanol–water partition coefficient (Wildman–Crippen LogP) is 3.81. The van der Waals surface area contributed by atoms with Gasteiger partial charge in [0.1, 0.15) is 12.4 Å². The lowest BCUT2D eigenvalue weighted by Crippen LogP contribution is -2.15. The molecule has 0 unspecified atom stereocenters. The molecule has 4 rings (SSSR count). The van der Waals surface area contributed by atoms with Crippen LogP contribution in [-0.2, 0) is 11.3 Å². The van der Waals surface area contributed by atoms with E-state index in [2.05, 4.69) is 10.3 Å². The van der Waals surface area contributed by atoms with Gasteiger partial charge in [-0.05, 0) is 43.3 Å². The molecule has 0 aliphatic heterocycles. The van der Waals surface area contributed by atoms with Gasteiger partial charge in [-0.2, -0.15) is 0 Å². The van der Waals surface area contributed by atoms with Crippen molar-refractivity contribution in [2.24, 2.45) is 0 Å². The first-order valence-electron chi connectivity index (χ1n) is 9.22. The Balaban J connectivity index is 1.40. The number of aryl methyl sites for hydroxylation is 1. The molecule has 0 radical (unpaired) electrons. The molecule has 2 aromatic carbocycles. The summed E-state index contributed by atoms with van der Waals surface area (Å²) in [5, 5.41) is 2.57. The molecular weight excluding hydrogens is 421 g/mol. The van der Waals surface area contributed by atoms with Crippen LogP contribution in [0.3, 0.4) is 0 Å². The fourth-order valence-electron chi connectivity index (χ4n) is 2.89. The molecule has 1 N–H and O–H groups in total. The molecule has 0 atom stereocenters. The molecule has 0 aliphatic carbocycles. The fraction of sp³-hybridized carbons (Fsp3) is 0.0909. The van der Waals surface area contributed by atoms with Gasteiger partial charge in [0.2, 0.25) is 0 Å². The number of aromatic nitrogens is 2. The zero-order valence-corrected chi connectivity index (χ0v) is 17.1. The van der Waals surface area contributed by atoms with Crippen LogP contribution >= 0.6 is 11.3 Å². The van der Waals surface area contributed by atoms with Gasteiger partial charge in [-0.3, -0.25) is 14.0 Å². The highest BCUT2D eigenvalue weighted by Gasteiger charge is 2.13. The molecule has 7 nitrogen and oxygen atoms in total. The van der Waals surface area contributed by atoms with Crippen molar-refractivity contribution in [3.05, 3.63) is 98.7 Å². The second-order valence-electron chi connectivity index (χ2n) is 6.67. The number of amides is 1. The minimum absolute atomic E-state index is 0.0766. The SMILES string of the molecule is Cc1cn2c(=O)cc(COC(=O)c3ccc(NC(=O)c4ccccc4F)cc3)nc2s1. The Morgan fingerprint density at radius 1 is 1.16 bits per heavy atom. The van der Waals surface area contributed by atoms with Crippen LogP contribution in [0.4, 0.5) is 10.1 Å². The van der Waals surface area contributed by atoms with Gasteiger partial charge in [0.25, 0.3) is 11.5 Å². The number of esters is 1. The molecule has 9 heteroatoms. The van der Waals surface area contributed by atoms with E-state index in [1.807, 2.05) is 6.92 Å². The van der Waals surface area contributed by atoms with E-state index in [-0.39, 0.29) is 23.3 Å². The minimum Gasteiger partial charge on any atom is -0.456 e. The third-order valence-corrected chi connectivity index (χ3v) is 5.28. The Bertz CT molecular complexity index is 1350. The summed E-state index contributed by atoms with van der Waals surface area (Å²) in [5.41, 5.74) is 0.697. The number of hydrogen-bond donors (Lipinski definition) is 1. The molecule has 4 aromatic rings. The summed E-state index contributed by atoms with van der Waals surface area (Å²) >= 11 is 1.37. The predicted molar refractivity (Wildman–Crippen MR) is 114 cm³/mol. The molecule has 156 valence electrons. The Labute approximate surface area is 179 Å². The lowest BCUT2D eigenvalue weighted by molar-refractivity contribution is 0.0467. The Morgan fingerprint density at radius 3 is 2.65 bits per heavy atom. The van der Waals surface area contributed by atoms with E-state index in [4.69, 9.17) is 4.74 Å². The third kappa shape index (κ3) is 4.51. The van der Waals surface area contributed by atoms with Gasteiger partial charge in [0.05, 0.1) is 16.8 Å². The Hall–Kier alpha value is -3.85. The zero-order chi connectivity index (χ0) is 22.0. The first-order valence-corrected chi connectivity index (χ1v) is 10.0. The number of rotatable bonds is 5. The molecule has 2 aromatic heterocycles. The molecule has 2 heterocycles. The van der Waals surface area contributed by atoms with Crippen molar-refractivity contribution in [2.75, 3.05) is 5.32 Å². The van der Waals surface area contributed by atoms with Gasteiger partial charge >= 0.3 is 5.97 Å². The highest BCUT2D eigenvalue weighted by atomic mass is 32.1. The van der Waals surface area contributed by atoms with E-state index in [1.54, 1.807) is 12.3 Å². The second kappa shape index (κ2) is 8.49. The van der Waals surface area contributed by atoms with Gasteiger partial charge in [-0.1, -0.05) is 12.1 Å². The van der Waals surface area contributed by atoms with Crippen LogP contribution in [0.25, 0.3) is 4.96 Å². The van der Waals surface area contributed by atoms with E-state index >= 15 is 0 Å². The van der Waals surface area contributed by atoms with Crippen molar-refractivity contribution < 1.29 is 18.7 Å². The van der Waals surface area contributed by atoms with Crippen LogP contribution in [0, 0.1) is 12.7 Å². The third-order valence-electron chi connectivity index (χ3n) is 4.38. The molecule has 0 fully saturated rings. The number of thiazole rings is 1. The number of hydrogen-bond acceptors (Lipinski definition) is 6. The molecule has 0 aliphatic rings. The number of ether oxygens (including phenoxy) is 1.